The van der Waals surface area contributed by atoms with Gasteiger partial charge in [-0.15, -0.1) is 6.42 Å². The first-order valence-electron chi connectivity index (χ1n) is 4.55. The number of hydrogen-bond donors (Lipinski definition) is 1. The Morgan fingerprint density at radius 2 is 1.92 bits per heavy atom. The smallest absolute Gasteiger partial charge is 0.0687 e. The highest BCUT2D eigenvalue weighted by Gasteiger charge is 2.21. The van der Waals surface area contributed by atoms with E-state index in [2.05, 4.69) is 38.9 Å². The largest absolute Gasteiger partial charge is 0.307 e. The molecule has 0 aliphatic carbocycles. The molecule has 1 N–H and O–H groups in total. The van der Waals surface area contributed by atoms with Gasteiger partial charge in [-0.05, 0) is 24.8 Å². The molecule has 0 amide bonds. The van der Waals surface area contributed by atoms with Crippen molar-refractivity contribution in [3.8, 4) is 12.3 Å². The summed E-state index contributed by atoms with van der Waals surface area (Å²) in [7, 11) is 1.92. The highest BCUT2D eigenvalue weighted by Crippen LogP contribution is 2.28. The van der Waals surface area contributed by atoms with Gasteiger partial charge in [0.25, 0.3) is 0 Å². The van der Waals surface area contributed by atoms with E-state index >= 15 is 0 Å². The van der Waals surface area contributed by atoms with E-state index in [4.69, 9.17) is 6.42 Å². The van der Waals surface area contributed by atoms with Gasteiger partial charge in [-0.2, -0.15) is 0 Å². The molecule has 2 unspecified atom stereocenters. The van der Waals surface area contributed by atoms with Gasteiger partial charge in [-0.1, -0.05) is 33.6 Å². The maximum Gasteiger partial charge on any atom is 0.0687 e. The van der Waals surface area contributed by atoms with E-state index in [1.807, 2.05) is 7.05 Å². The summed E-state index contributed by atoms with van der Waals surface area (Å²) in [6.07, 6.45) is 6.41. The second-order valence-electron chi connectivity index (χ2n) is 4.51. The fraction of sp³-hybridized carbons (Fsp3) is 0.818. The molecule has 0 aromatic heterocycles. The monoisotopic (exact) mass is 167 g/mol. The Morgan fingerprint density at radius 3 is 2.17 bits per heavy atom. The fourth-order valence-corrected chi connectivity index (χ4v) is 0.976. The van der Waals surface area contributed by atoms with Crippen LogP contribution in [0.5, 0.6) is 0 Å². The Morgan fingerprint density at radius 1 is 1.42 bits per heavy atom. The zero-order chi connectivity index (χ0) is 9.78. The first-order valence-corrected chi connectivity index (χ1v) is 4.55. The molecule has 0 aliphatic heterocycles. The van der Waals surface area contributed by atoms with E-state index in [0.29, 0.717) is 11.3 Å². The van der Waals surface area contributed by atoms with E-state index in [9.17, 15) is 0 Å². The van der Waals surface area contributed by atoms with Crippen LogP contribution in [0.1, 0.15) is 34.1 Å². The summed E-state index contributed by atoms with van der Waals surface area (Å²) in [5, 5.41) is 3.12. The highest BCUT2D eigenvalue weighted by atomic mass is 14.9. The molecule has 1 nitrogen and oxygen atoms in total. The van der Waals surface area contributed by atoms with E-state index in [1.165, 1.54) is 0 Å². The molecule has 0 rings (SSSR count). The molecule has 12 heavy (non-hydrogen) atoms. The average Bonchev–Trinajstić information content (AvgIpc) is 1.97. The first-order chi connectivity index (χ1) is 5.41. The predicted molar refractivity (Wildman–Crippen MR) is 54.9 cm³/mol. The molecule has 0 saturated carbocycles. The first kappa shape index (κ1) is 11.5. The molecular formula is C11H21N. The van der Waals surface area contributed by atoms with Crippen LogP contribution in [0, 0.1) is 23.7 Å². The molecule has 0 bridgehead atoms. The van der Waals surface area contributed by atoms with Crippen molar-refractivity contribution in [2.24, 2.45) is 11.3 Å². The van der Waals surface area contributed by atoms with Crippen molar-refractivity contribution in [1.29, 1.82) is 0 Å². The SMILES string of the molecule is C#CC(CC(C)C(C)(C)C)NC. The zero-order valence-electron chi connectivity index (χ0n) is 8.94. The lowest BCUT2D eigenvalue weighted by atomic mass is 9.78. The van der Waals surface area contributed by atoms with Crippen LogP contribution in [-0.2, 0) is 0 Å². The quantitative estimate of drug-likeness (QED) is 0.636. The molecule has 70 valence electrons. The van der Waals surface area contributed by atoms with Crippen molar-refractivity contribution in [2.75, 3.05) is 7.05 Å². The summed E-state index contributed by atoms with van der Waals surface area (Å²) in [5.41, 5.74) is 0.353. The third-order valence-electron chi connectivity index (χ3n) is 2.62. The molecule has 0 aromatic carbocycles. The van der Waals surface area contributed by atoms with Gasteiger partial charge < -0.3 is 5.32 Å². The summed E-state index contributed by atoms with van der Waals surface area (Å²) < 4.78 is 0. The maximum absolute atomic E-state index is 5.36. The Hall–Kier alpha value is -0.480. The number of hydrogen-bond acceptors (Lipinski definition) is 1. The van der Waals surface area contributed by atoms with Gasteiger partial charge in [0.05, 0.1) is 6.04 Å². The van der Waals surface area contributed by atoms with Crippen LogP contribution < -0.4 is 5.32 Å². The maximum atomic E-state index is 5.36. The Bertz CT molecular complexity index is 159. The summed E-state index contributed by atoms with van der Waals surface area (Å²) in [5.74, 6) is 3.39. The Labute approximate surface area is 76.9 Å². The van der Waals surface area contributed by atoms with Crippen molar-refractivity contribution in [3.05, 3.63) is 0 Å². The van der Waals surface area contributed by atoms with Gasteiger partial charge in [0, 0.05) is 0 Å². The van der Waals surface area contributed by atoms with Gasteiger partial charge in [-0.3, -0.25) is 0 Å². The lowest BCUT2D eigenvalue weighted by Gasteiger charge is -2.29. The van der Waals surface area contributed by atoms with Gasteiger partial charge in [0.2, 0.25) is 0 Å². The summed E-state index contributed by atoms with van der Waals surface area (Å²) in [4.78, 5) is 0. The van der Waals surface area contributed by atoms with Gasteiger partial charge in [-0.25, -0.2) is 0 Å². The molecule has 0 fully saturated rings. The molecule has 0 heterocycles. The van der Waals surface area contributed by atoms with Gasteiger partial charge >= 0.3 is 0 Å². The van der Waals surface area contributed by atoms with E-state index in [-0.39, 0.29) is 6.04 Å². The van der Waals surface area contributed by atoms with Gasteiger partial charge in [0.15, 0.2) is 0 Å². The molecule has 0 aliphatic rings. The van der Waals surface area contributed by atoms with Crippen LogP contribution >= 0.6 is 0 Å². The van der Waals surface area contributed by atoms with Crippen LogP contribution in [0.2, 0.25) is 0 Å². The molecule has 0 aromatic rings. The van der Waals surface area contributed by atoms with Crippen LogP contribution in [0.15, 0.2) is 0 Å². The number of rotatable bonds is 3. The van der Waals surface area contributed by atoms with Crippen LogP contribution in [-0.4, -0.2) is 13.1 Å². The highest BCUT2D eigenvalue weighted by molar-refractivity contribution is 4.99. The van der Waals surface area contributed by atoms with Crippen molar-refractivity contribution in [1.82, 2.24) is 5.32 Å². The average molecular weight is 167 g/mol. The normalized spacial score (nSPS) is 16.7. The van der Waals surface area contributed by atoms with Crippen molar-refractivity contribution < 1.29 is 0 Å². The minimum atomic E-state index is 0.222. The third-order valence-corrected chi connectivity index (χ3v) is 2.62. The predicted octanol–water partition coefficient (Wildman–Crippen LogP) is 2.28. The summed E-state index contributed by atoms with van der Waals surface area (Å²) in [6, 6.07) is 0.222. The summed E-state index contributed by atoms with van der Waals surface area (Å²) >= 11 is 0. The second kappa shape index (κ2) is 4.52. The standard InChI is InChI=1S/C11H21N/c1-7-10(12-6)8-9(2)11(3,4)5/h1,9-10,12H,8H2,2-6H3. The zero-order valence-corrected chi connectivity index (χ0v) is 8.94. The minimum Gasteiger partial charge on any atom is -0.307 e. The number of nitrogens with one attached hydrogen (secondary N) is 1. The van der Waals surface area contributed by atoms with Crippen molar-refractivity contribution >= 4 is 0 Å². The van der Waals surface area contributed by atoms with Crippen molar-refractivity contribution in [2.45, 2.75) is 40.2 Å². The Balaban J connectivity index is 4.01. The van der Waals surface area contributed by atoms with Crippen molar-refractivity contribution in [3.63, 3.8) is 0 Å². The second-order valence-corrected chi connectivity index (χ2v) is 4.51. The molecule has 0 saturated heterocycles. The van der Waals surface area contributed by atoms with E-state index in [0.717, 1.165) is 6.42 Å². The molecular weight excluding hydrogens is 146 g/mol. The molecule has 2 atom stereocenters. The van der Waals surface area contributed by atoms with Crippen LogP contribution in [0.3, 0.4) is 0 Å². The lowest BCUT2D eigenvalue weighted by molar-refractivity contribution is 0.237. The van der Waals surface area contributed by atoms with E-state index in [1.54, 1.807) is 0 Å². The topological polar surface area (TPSA) is 12.0 Å². The number of terminal acetylenes is 1. The van der Waals surface area contributed by atoms with Crippen LogP contribution in [0.25, 0.3) is 0 Å². The summed E-state index contributed by atoms with van der Waals surface area (Å²) in [6.45, 7) is 9.00. The van der Waals surface area contributed by atoms with E-state index < -0.39 is 0 Å². The molecule has 0 spiro atoms. The third kappa shape index (κ3) is 3.78. The Kier molecular flexibility index (Phi) is 4.34. The van der Waals surface area contributed by atoms with Crippen LogP contribution in [0.4, 0.5) is 0 Å². The van der Waals surface area contributed by atoms with Gasteiger partial charge in [0.1, 0.15) is 0 Å². The fourth-order valence-electron chi connectivity index (χ4n) is 0.976. The molecule has 1 heteroatoms. The lowest BCUT2D eigenvalue weighted by Crippen LogP contribution is -2.29. The molecule has 0 radical (unpaired) electrons. The minimum absolute atomic E-state index is 0.222.